The van der Waals surface area contributed by atoms with E-state index in [0.717, 1.165) is 24.1 Å². The third-order valence-corrected chi connectivity index (χ3v) is 4.48. The SMILES string of the molecule is CC1CCCC(NCc2cn(C(C)(C)C)nn2)C1C. The molecule has 4 nitrogen and oxygen atoms in total. The second-order valence-electron chi connectivity index (χ2n) is 7.08. The summed E-state index contributed by atoms with van der Waals surface area (Å²) in [5.74, 6) is 1.59. The van der Waals surface area contributed by atoms with Crippen molar-refractivity contribution < 1.29 is 0 Å². The van der Waals surface area contributed by atoms with Crippen LogP contribution in [0, 0.1) is 11.8 Å². The van der Waals surface area contributed by atoms with Gasteiger partial charge in [0.25, 0.3) is 0 Å². The zero-order chi connectivity index (χ0) is 14.0. The van der Waals surface area contributed by atoms with Gasteiger partial charge in [-0.2, -0.15) is 0 Å². The van der Waals surface area contributed by atoms with Crippen LogP contribution in [0.5, 0.6) is 0 Å². The second kappa shape index (κ2) is 5.61. The van der Waals surface area contributed by atoms with E-state index in [1.54, 1.807) is 0 Å². The van der Waals surface area contributed by atoms with Gasteiger partial charge in [0.05, 0.1) is 17.4 Å². The number of nitrogens with one attached hydrogen (secondary N) is 1. The first-order chi connectivity index (χ1) is 8.88. The summed E-state index contributed by atoms with van der Waals surface area (Å²) >= 11 is 0. The van der Waals surface area contributed by atoms with Crippen molar-refractivity contribution in [3.05, 3.63) is 11.9 Å². The molecular formula is C15H28N4. The molecule has 1 aromatic heterocycles. The smallest absolute Gasteiger partial charge is 0.0965 e. The van der Waals surface area contributed by atoms with Crippen LogP contribution in [0.15, 0.2) is 6.20 Å². The molecule has 0 spiro atoms. The molecule has 1 aliphatic carbocycles. The second-order valence-corrected chi connectivity index (χ2v) is 7.08. The molecule has 1 fully saturated rings. The lowest BCUT2D eigenvalue weighted by Crippen LogP contribution is -2.40. The minimum atomic E-state index is 0.0118. The number of hydrogen-bond donors (Lipinski definition) is 1. The van der Waals surface area contributed by atoms with E-state index in [9.17, 15) is 0 Å². The summed E-state index contributed by atoms with van der Waals surface area (Å²) in [5.41, 5.74) is 1.05. The van der Waals surface area contributed by atoms with Gasteiger partial charge in [0.15, 0.2) is 0 Å². The molecule has 108 valence electrons. The first-order valence-electron chi connectivity index (χ1n) is 7.53. The van der Waals surface area contributed by atoms with Gasteiger partial charge in [0.2, 0.25) is 0 Å². The van der Waals surface area contributed by atoms with Crippen molar-refractivity contribution in [3.63, 3.8) is 0 Å². The molecule has 1 aromatic rings. The molecule has 2 rings (SSSR count). The van der Waals surface area contributed by atoms with Gasteiger partial charge in [0.1, 0.15) is 0 Å². The molecule has 1 aliphatic rings. The molecular weight excluding hydrogens is 236 g/mol. The Kier molecular flexibility index (Phi) is 4.29. The van der Waals surface area contributed by atoms with E-state index in [-0.39, 0.29) is 5.54 Å². The van der Waals surface area contributed by atoms with E-state index in [1.165, 1.54) is 19.3 Å². The van der Waals surface area contributed by atoms with Crippen LogP contribution in [0.1, 0.15) is 59.6 Å². The normalized spacial score (nSPS) is 28.6. The Bertz CT molecular complexity index is 405. The Balaban J connectivity index is 1.90. The van der Waals surface area contributed by atoms with Crippen LogP contribution in [0.2, 0.25) is 0 Å². The van der Waals surface area contributed by atoms with Crippen LogP contribution in [0.4, 0.5) is 0 Å². The molecule has 3 atom stereocenters. The first-order valence-corrected chi connectivity index (χ1v) is 7.53. The van der Waals surface area contributed by atoms with Gasteiger partial charge in [-0.05, 0) is 39.0 Å². The van der Waals surface area contributed by atoms with Gasteiger partial charge >= 0.3 is 0 Å². The van der Waals surface area contributed by atoms with Gasteiger partial charge in [-0.3, -0.25) is 0 Å². The molecule has 0 aliphatic heterocycles. The number of nitrogens with zero attached hydrogens (tertiary/aromatic N) is 3. The highest BCUT2D eigenvalue weighted by Crippen LogP contribution is 2.29. The molecule has 0 bridgehead atoms. The molecule has 0 radical (unpaired) electrons. The van der Waals surface area contributed by atoms with E-state index >= 15 is 0 Å². The molecule has 0 aromatic carbocycles. The van der Waals surface area contributed by atoms with Crippen molar-refractivity contribution in [3.8, 4) is 0 Å². The summed E-state index contributed by atoms with van der Waals surface area (Å²) in [6.45, 7) is 12.0. The minimum Gasteiger partial charge on any atom is -0.308 e. The Morgan fingerprint density at radius 3 is 2.68 bits per heavy atom. The van der Waals surface area contributed by atoms with Crippen molar-refractivity contribution in [1.29, 1.82) is 0 Å². The highest BCUT2D eigenvalue weighted by atomic mass is 15.4. The molecule has 4 heteroatoms. The van der Waals surface area contributed by atoms with E-state index in [4.69, 9.17) is 0 Å². The van der Waals surface area contributed by atoms with Gasteiger partial charge in [-0.15, -0.1) is 5.10 Å². The molecule has 1 N–H and O–H groups in total. The Morgan fingerprint density at radius 2 is 2.05 bits per heavy atom. The summed E-state index contributed by atoms with van der Waals surface area (Å²) in [6.07, 6.45) is 6.07. The summed E-state index contributed by atoms with van der Waals surface area (Å²) in [6, 6.07) is 0.628. The predicted octanol–water partition coefficient (Wildman–Crippen LogP) is 2.95. The maximum Gasteiger partial charge on any atom is 0.0965 e. The fourth-order valence-corrected chi connectivity index (χ4v) is 2.81. The van der Waals surface area contributed by atoms with Crippen LogP contribution < -0.4 is 5.32 Å². The van der Waals surface area contributed by atoms with Crippen molar-refractivity contribution in [2.75, 3.05) is 0 Å². The van der Waals surface area contributed by atoms with E-state index in [1.807, 2.05) is 4.68 Å². The van der Waals surface area contributed by atoms with Crippen molar-refractivity contribution in [2.45, 2.75) is 72.0 Å². The maximum absolute atomic E-state index is 4.26. The van der Waals surface area contributed by atoms with Crippen molar-refractivity contribution in [1.82, 2.24) is 20.3 Å². The van der Waals surface area contributed by atoms with Crippen molar-refractivity contribution in [2.24, 2.45) is 11.8 Å². The Hall–Kier alpha value is -0.900. The highest BCUT2D eigenvalue weighted by molar-refractivity contribution is 4.95. The zero-order valence-corrected chi connectivity index (χ0v) is 13.0. The first kappa shape index (κ1) is 14.5. The molecule has 1 saturated carbocycles. The lowest BCUT2D eigenvalue weighted by atomic mass is 9.78. The Labute approximate surface area is 117 Å². The lowest BCUT2D eigenvalue weighted by molar-refractivity contribution is 0.205. The number of hydrogen-bond acceptors (Lipinski definition) is 3. The summed E-state index contributed by atoms with van der Waals surface area (Å²) < 4.78 is 1.94. The Morgan fingerprint density at radius 1 is 1.32 bits per heavy atom. The van der Waals surface area contributed by atoms with Gasteiger partial charge in [-0.1, -0.05) is 31.9 Å². The lowest BCUT2D eigenvalue weighted by Gasteiger charge is -2.34. The van der Waals surface area contributed by atoms with E-state index < -0.39 is 0 Å². The summed E-state index contributed by atoms with van der Waals surface area (Å²) in [4.78, 5) is 0. The number of rotatable bonds is 3. The third kappa shape index (κ3) is 3.56. The molecule has 0 amide bonds. The van der Waals surface area contributed by atoms with Crippen LogP contribution in [0.3, 0.4) is 0 Å². The quantitative estimate of drug-likeness (QED) is 0.912. The van der Waals surface area contributed by atoms with Gasteiger partial charge < -0.3 is 5.32 Å². The summed E-state index contributed by atoms with van der Waals surface area (Å²) in [5, 5.41) is 12.1. The van der Waals surface area contributed by atoms with Gasteiger partial charge in [-0.25, -0.2) is 4.68 Å². The monoisotopic (exact) mass is 264 g/mol. The summed E-state index contributed by atoms with van der Waals surface area (Å²) in [7, 11) is 0. The number of aromatic nitrogens is 3. The standard InChI is InChI=1S/C15H28N4/c1-11-7-6-8-14(12(11)2)16-9-13-10-19(18-17-13)15(3,4)5/h10-12,14,16H,6-9H2,1-5H3. The van der Waals surface area contributed by atoms with Crippen LogP contribution in [-0.2, 0) is 12.1 Å². The average molecular weight is 264 g/mol. The fraction of sp³-hybridized carbons (Fsp3) is 0.867. The minimum absolute atomic E-state index is 0.0118. The topological polar surface area (TPSA) is 42.7 Å². The fourth-order valence-electron chi connectivity index (χ4n) is 2.81. The predicted molar refractivity (Wildman–Crippen MR) is 77.8 cm³/mol. The largest absolute Gasteiger partial charge is 0.308 e. The highest BCUT2D eigenvalue weighted by Gasteiger charge is 2.26. The van der Waals surface area contributed by atoms with Crippen molar-refractivity contribution >= 4 is 0 Å². The molecule has 3 unspecified atom stereocenters. The maximum atomic E-state index is 4.26. The molecule has 19 heavy (non-hydrogen) atoms. The average Bonchev–Trinajstić information content (AvgIpc) is 2.79. The van der Waals surface area contributed by atoms with E-state index in [2.05, 4.69) is 56.4 Å². The third-order valence-electron chi connectivity index (χ3n) is 4.48. The molecule has 0 saturated heterocycles. The van der Waals surface area contributed by atoms with Gasteiger partial charge in [0, 0.05) is 12.6 Å². The zero-order valence-electron chi connectivity index (χ0n) is 13.0. The van der Waals surface area contributed by atoms with Crippen LogP contribution in [-0.4, -0.2) is 21.0 Å². The van der Waals surface area contributed by atoms with E-state index in [0.29, 0.717) is 6.04 Å². The van der Waals surface area contributed by atoms with Crippen LogP contribution in [0.25, 0.3) is 0 Å². The van der Waals surface area contributed by atoms with Crippen LogP contribution >= 0.6 is 0 Å². The molecule has 1 heterocycles.